The first kappa shape index (κ1) is 16.2. The first-order chi connectivity index (χ1) is 8.93. The summed E-state index contributed by atoms with van der Waals surface area (Å²) in [4.78, 5) is 12.3. The zero-order chi connectivity index (χ0) is 14.3. The van der Waals surface area contributed by atoms with Crippen LogP contribution in [0.3, 0.4) is 0 Å². The number of nitrogens with two attached hydrogens (primary N) is 1. The van der Waals surface area contributed by atoms with Gasteiger partial charge in [-0.3, -0.25) is 4.79 Å². The zero-order valence-electron chi connectivity index (χ0n) is 10.2. The van der Waals surface area contributed by atoms with Crippen molar-refractivity contribution >= 4 is 29.3 Å². The summed E-state index contributed by atoms with van der Waals surface area (Å²) in [6.07, 6.45) is 0.175. The molecule has 3 nitrogen and oxygen atoms in total. The summed E-state index contributed by atoms with van der Waals surface area (Å²) in [5.41, 5.74) is 4.86. The summed E-state index contributed by atoms with van der Waals surface area (Å²) in [5.74, 6) is -2.93. The minimum absolute atomic E-state index is 0.175. The van der Waals surface area contributed by atoms with Gasteiger partial charge in [-0.05, 0) is 24.3 Å². The second kappa shape index (κ2) is 7.67. The molecule has 0 aliphatic rings. The minimum Gasteiger partial charge on any atom is -0.350 e. The van der Waals surface area contributed by atoms with Crippen LogP contribution in [0.5, 0.6) is 0 Å². The molecule has 0 aliphatic carbocycles. The van der Waals surface area contributed by atoms with E-state index in [1.165, 1.54) is 11.8 Å². The largest absolute Gasteiger partial charge is 0.350 e. The third-order valence-electron chi connectivity index (χ3n) is 2.25. The molecule has 106 valence electrons. The Morgan fingerprint density at radius 1 is 1.37 bits per heavy atom. The number of thioether (sulfide) groups is 1. The Hall–Kier alpha value is -0.850. The molecule has 0 radical (unpaired) electrons. The highest BCUT2D eigenvalue weighted by atomic mass is 35.5. The van der Waals surface area contributed by atoms with Crippen molar-refractivity contribution in [2.75, 3.05) is 18.8 Å². The molecule has 1 rings (SSSR count). The van der Waals surface area contributed by atoms with Crippen LogP contribution < -0.4 is 11.1 Å². The fourth-order valence-electron chi connectivity index (χ4n) is 1.18. The molecular formula is C12H15ClF2N2OS. The third kappa shape index (κ3) is 6.75. The fourth-order valence-corrected chi connectivity index (χ4v) is 2.16. The molecule has 0 spiro atoms. The SMILES string of the molecule is NCC(F)(F)CNC(=O)CCSc1ccc(Cl)cc1. The summed E-state index contributed by atoms with van der Waals surface area (Å²) >= 11 is 7.20. The number of halogens is 3. The van der Waals surface area contributed by atoms with E-state index in [-0.39, 0.29) is 6.42 Å². The van der Waals surface area contributed by atoms with Crippen molar-refractivity contribution < 1.29 is 13.6 Å². The Kier molecular flexibility index (Phi) is 6.54. The van der Waals surface area contributed by atoms with Crippen LogP contribution in [0, 0.1) is 0 Å². The van der Waals surface area contributed by atoms with E-state index in [0.717, 1.165) is 4.90 Å². The Morgan fingerprint density at radius 2 is 2.00 bits per heavy atom. The highest BCUT2D eigenvalue weighted by molar-refractivity contribution is 7.99. The number of alkyl halides is 2. The second-order valence-corrected chi connectivity index (χ2v) is 5.49. The van der Waals surface area contributed by atoms with Gasteiger partial charge in [0.2, 0.25) is 5.91 Å². The molecule has 0 aliphatic heterocycles. The third-order valence-corrected chi connectivity index (χ3v) is 3.52. The van der Waals surface area contributed by atoms with Gasteiger partial charge in [0.25, 0.3) is 5.92 Å². The van der Waals surface area contributed by atoms with E-state index in [9.17, 15) is 13.6 Å². The zero-order valence-corrected chi connectivity index (χ0v) is 11.7. The standard InChI is InChI=1S/C12H15ClF2N2OS/c13-9-1-3-10(4-2-9)19-6-5-11(18)17-8-12(14,15)7-16/h1-4H,5-8,16H2,(H,17,18). The summed E-state index contributed by atoms with van der Waals surface area (Å²) < 4.78 is 25.6. The molecule has 7 heteroatoms. The van der Waals surface area contributed by atoms with Crippen LogP contribution in [0.4, 0.5) is 8.78 Å². The van der Waals surface area contributed by atoms with E-state index in [0.29, 0.717) is 10.8 Å². The fraction of sp³-hybridized carbons (Fsp3) is 0.417. The van der Waals surface area contributed by atoms with Gasteiger partial charge in [0, 0.05) is 22.1 Å². The maximum absolute atomic E-state index is 12.8. The molecular weight excluding hydrogens is 294 g/mol. The van der Waals surface area contributed by atoms with Gasteiger partial charge in [-0.25, -0.2) is 8.78 Å². The van der Waals surface area contributed by atoms with Crippen molar-refractivity contribution in [2.24, 2.45) is 5.73 Å². The van der Waals surface area contributed by atoms with E-state index in [1.807, 2.05) is 12.1 Å². The molecule has 0 aromatic heterocycles. The van der Waals surface area contributed by atoms with E-state index in [4.69, 9.17) is 17.3 Å². The number of amides is 1. The minimum atomic E-state index is -3.04. The van der Waals surface area contributed by atoms with Crippen LogP contribution in [-0.2, 0) is 4.79 Å². The highest BCUT2D eigenvalue weighted by Crippen LogP contribution is 2.20. The van der Waals surface area contributed by atoms with E-state index in [1.54, 1.807) is 12.1 Å². The average Bonchev–Trinajstić information content (AvgIpc) is 2.39. The van der Waals surface area contributed by atoms with Gasteiger partial charge in [0.15, 0.2) is 0 Å². The summed E-state index contributed by atoms with van der Waals surface area (Å²) in [5, 5.41) is 2.81. The van der Waals surface area contributed by atoms with E-state index in [2.05, 4.69) is 5.32 Å². The van der Waals surface area contributed by atoms with Gasteiger partial charge in [0.1, 0.15) is 0 Å². The van der Waals surface area contributed by atoms with Gasteiger partial charge >= 0.3 is 0 Å². The van der Waals surface area contributed by atoms with Gasteiger partial charge in [-0.2, -0.15) is 0 Å². The maximum atomic E-state index is 12.8. The Morgan fingerprint density at radius 3 is 2.58 bits per heavy atom. The lowest BCUT2D eigenvalue weighted by Crippen LogP contribution is -2.41. The van der Waals surface area contributed by atoms with Crippen LogP contribution >= 0.6 is 23.4 Å². The highest BCUT2D eigenvalue weighted by Gasteiger charge is 2.26. The van der Waals surface area contributed by atoms with Crippen LogP contribution in [0.1, 0.15) is 6.42 Å². The average molecular weight is 309 g/mol. The molecule has 1 amide bonds. The lowest BCUT2D eigenvalue weighted by atomic mass is 10.3. The van der Waals surface area contributed by atoms with Crippen LogP contribution in [0.2, 0.25) is 5.02 Å². The van der Waals surface area contributed by atoms with Gasteiger partial charge in [0.05, 0.1) is 13.1 Å². The second-order valence-electron chi connectivity index (χ2n) is 3.89. The summed E-state index contributed by atoms with van der Waals surface area (Å²) in [7, 11) is 0. The number of carbonyl (C=O) groups excluding carboxylic acids is 1. The molecule has 0 saturated heterocycles. The van der Waals surface area contributed by atoms with Gasteiger partial charge < -0.3 is 11.1 Å². The van der Waals surface area contributed by atoms with Crippen molar-refractivity contribution in [3.8, 4) is 0 Å². The number of hydrogen-bond donors (Lipinski definition) is 2. The summed E-state index contributed by atoms with van der Waals surface area (Å²) in [6.45, 7) is -1.49. The molecule has 3 N–H and O–H groups in total. The molecule has 0 bridgehead atoms. The first-order valence-electron chi connectivity index (χ1n) is 5.66. The molecule has 0 unspecified atom stereocenters. The Bertz CT molecular complexity index is 415. The predicted octanol–water partition coefficient (Wildman–Crippen LogP) is 2.53. The quantitative estimate of drug-likeness (QED) is 0.761. The molecule has 0 atom stereocenters. The van der Waals surface area contributed by atoms with Crippen molar-refractivity contribution in [1.29, 1.82) is 0 Å². The maximum Gasteiger partial charge on any atom is 0.277 e. The van der Waals surface area contributed by atoms with Crippen LogP contribution in [-0.4, -0.2) is 30.7 Å². The van der Waals surface area contributed by atoms with Gasteiger partial charge in [-0.15, -0.1) is 11.8 Å². The molecule has 19 heavy (non-hydrogen) atoms. The number of carbonyl (C=O) groups is 1. The molecule has 1 aromatic carbocycles. The normalized spacial score (nSPS) is 11.4. The molecule has 1 aromatic rings. The van der Waals surface area contributed by atoms with Gasteiger partial charge in [-0.1, -0.05) is 11.6 Å². The number of nitrogens with one attached hydrogen (secondary N) is 1. The van der Waals surface area contributed by atoms with Crippen molar-refractivity contribution in [2.45, 2.75) is 17.2 Å². The van der Waals surface area contributed by atoms with E-state index >= 15 is 0 Å². The smallest absolute Gasteiger partial charge is 0.277 e. The lowest BCUT2D eigenvalue weighted by molar-refractivity contribution is -0.122. The number of hydrogen-bond acceptors (Lipinski definition) is 3. The Balaban J connectivity index is 2.22. The first-order valence-corrected chi connectivity index (χ1v) is 7.02. The molecule has 0 heterocycles. The number of benzene rings is 1. The molecule has 0 fully saturated rings. The van der Waals surface area contributed by atoms with Crippen LogP contribution in [0.15, 0.2) is 29.2 Å². The Labute approximate surface area is 119 Å². The lowest BCUT2D eigenvalue weighted by Gasteiger charge is -2.14. The van der Waals surface area contributed by atoms with E-state index < -0.39 is 24.9 Å². The molecule has 0 saturated carbocycles. The van der Waals surface area contributed by atoms with Crippen molar-refractivity contribution in [3.63, 3.8) is 0 Å². The van der Waals surface area contributed by atoms with Crippen LogP contribution in [0.25, 0.3) is 0 Å². The summed E-state index contributed by atoms with van der Waals surface area (Å²) in [6, 6.07) is 7.19. The van der Waals surface area contributed by atoms with Crippen molar-refractivity contribution in [1.82, 2.24) is 5.32 Å². The van der Waals surface area contributed by atoms with Crippen molar-refractivity contribution in [3.05, 3.63) is 29.3 Å². The predicted molar refractivity (Wildman–Crippen MR) is 73.8 cm³/mol. The monoisotopic (exact) mass is 308 g/mol. The topological polar surface area (TPSA) is 55.1 Å². The number of rotatable bonds is 7.